The smallest absolute Gasteiger partial charge is 0.251 e. The number of hydrogen-bond acceptors (Lipinski definition) is 5. The Morgan fingerprint density at radius 1 is 1.14 bits per heavy atom. The molecule has 1 N–H and O–H groups in total. The molecule has 0 spiro atoms. The quantitative estimate of drug-likeness (QED) is 0.768. The van der Waals surface area contributed by atoms with E-state index in [0.29, 0.717) is 45.0 Å². The van der Waals surface area contributed by atoms with Gasteiger partial charge in [-0.05, 0) is 37.1 Å². The third-order valence-corrected chi connectivity index (χ3v) is 7.37. The Morgan fingerprint density at radius 2 is 1.90 bits per heavy atom. The van der Waals surface area contributed by atoms with Crippen molar-refractivity contribution in [2.45, 2.75) is 43.7 Å². The molecule has 156 valence electrons. The molecule has 1 amide bonds. The minimum absolute atomic E-state index is 0.226. The average molecular weight is 419 g/mol. The fourth-order valence-electron chi connectivity index (χ4n) is 3.81. The predicted molar refractivity (Wildman–Crippen MR) is 107 cm³/mol. The summed E-state index contributed by atoms with van der Waals surface area (Å²) in [6, 6.07) is 6.17. The lowest BCUT2D eigenvalue weighted by molar-refractivity contribution is 0.0950. The Labute approximate surface area is 170 Å². The largest absolute Gasteiger partial charge is 0.376 e. The van der Waals surface area contributed by atoms with Crippen molar-refractivity contribution in [1.82, 2.24) is 19.4 Å². The highest BCUT2D eigenvalue weighted by Gasteiger charge is 2.26. The van der Waals surface area contributed by atoms with Crippen LogP contribution in [0.25, 0.3) is 0 Å². The van der Waals surface area contributed by atoms with Gasteiger partial charge in [-0.15, -0.1) is 0 Å². The van der Waals surface area contributed by atoms with Crippen LogP contribution in [-0.2, 0) is 34.3 Å². The third-order valence-electron chi connectivity index (χ3n) is 5.45. The van der Waals surface area contributed by atoms with Gasteiger partial charge in [0.25, 0.3) is 5.91 Å². The second-order valence-electron chi connectivity index (χ2n) is 7.39. The van der Waals surface area contributed by atoms with Crippen molar-refractivity contribution in [3.8, 4) is 0 Å². The Hall–Kier alpha value is -2.23. The number of carbonyl (C=O) groups excluding carboxylic acids is 1. The van der Waals surface area contributed by atoms with Crippen molar-refractivity contribution < 1.29 is 17.9 Å². The van der Waals surface area contributed by atoms with E-state index in [2.05, 4.69) is 10.4 Å². The van der Waals surface area contributed by atoms with E-state index in [-0.39, 0.29) is 10.8 Å². The molecule has 2 aliphatic rings. The summed E-state index contributed by atoms with van der Waals surface area (Å²) < 4.78 is 34.2. The molecule has 4 rings (SSSR count). The van der Waals surface area contributed by atoms with Gasteiger partial charge in [0.2, 0.25) is 10.0 Å². The maximum Gasteiger partial charge on any atom is 0.251 e. The van der Waals surface area contributed by atoms with Gasteiger partial charge in [0.15, 0.2) is 0 Å². The fraction of sp³-hybridized carbons (Fsp3) is 0.500. The number of hydrogen-bond donors (Lipinski definition) is 1. The monoisotopic (exact) mass is 418 g/mol. The van der Waals surface area contributed by atoms with E-state index in [9.17, 15) is 13.2 Å². The molecule has 0 radical (unpaired) electrons. The number of amides is 1. The van der Waals surface area contributed by atoms with Crippen molar-refractivity contribution in [2.24, 2.45) is 0 Å². The van der Waals surface area contributed by atoms with Crippen LogP contribution in [0.2, 0.25) is 0 Å². The number of carbonyl (C=O) groups is 1. The van der Waals surface area contributed by atoms with Crippen molar-refractivity contribution >= 4 is 15.9 Å². The van der Waals surface area contributed by atoms with Gasteiger partial charge in [0.05, 0.1) is 30.9 Å². The van der Waals surface area contributed by atoms with Crippen LogP contribution >= 0.6 is 0 Å². The van der Waals surface area contributed by atoms with Crippen LogP contribution in [0, 0.1) is 0 Å². The molecule has 29 heavy (non-hydrogen) atoms. The van der Waals surface area contributed by atoms with Crippen LogP contribution < -0.4 is 5.32 Å². The number of sulfonamides is 1. The summed E-state index contributed by atoms with van der Waals surface area (Å²) >= 11 is 0. The fourth-order valence-corrected chi connectivity index (χ4v) is 5.33. The third kappa shape index (κ3) is 4.36. The Morgan fingerprint density at radius 3 is 2.66 bits per heavy atom. The SMILES string of the molecule is O=C(NCCn1ncc2c1CCOC2)c1ccc(S(=O)(=O)N2CCCCC2)cc1. The van der Waals surface area contributed by atoms with Crippen molar-refractivity contribution in [2.75, 3.05) is 26.2 Å². The first kappa shape index (κ1) is 20.1. The summed E-state index contributed by atoms with van der Waals surface area (Å²) in [5.74, 6) is -0.226. The topological polar surface area (TPSA) is 93.5 Å². The second kappa shape index (κ2) is 8.64. The minimum Gasteiger partial charge on any atom is -0.376 e. The lowest BCUT2D eigenvalue weighted by atomic mass is 10.2. The molecule has 0 aliphatic carbocycles. The lowest BCUT2D eigenvalue weighted by Crippen LogP contribution is -2.35. The van der Waals surface area contributed by atoms with Crippen LogP contribution in [0.1, 0.15) is 40.9 Å². The summed E-state index contributed by atoms with van der Waals surface area (Å²) in [5, 5.41) is 7.24. The summed E-state index contributed by atoms with van der Waals surface area (Å²) in [4.78, 5) is 12.6. The molecule has 0 atom stereocenters. The van der Waals surface area contributed by atoms with Gasteiger partial charge >= 0.3 is 0 Å². The zero-order chi connectivity index (χ0) is 20.3. The normalized spacial score (nSPS) is 17.7. The van der Waals surface area contributed by atoms with E-state index in [1.165, 1.54) is 16.4 Å². The second-order valence-corrected chi connectivity index (χ2v) is 9.33. The molecule has 3 heterocycles. The zero-order valence-corrected chi connectivity index (χ0v) is 17.2. The van der Waals surface area contributed by atoms with E-state index in [1.807, 2.05) is 10.9 Å². The molecular formula is C20H26N4O4S. The number of nitrogens with zero attached hydrogens (tertiary/aromatic N) is 3. The molecule has 9 heteroatoms. The summed E-state index contributed by atoms with van der Waals surface area (Å²) in [6.07, 6.45) is 5.51. The molecule has 2 aliphatic heterocycles. The first-order chi connectivity index (χ1) is 14.1. The van der Waals surface area contributed by atoms with Crippen LogP contribution in [0.15, 0.2) is 35.4 Å². The molecule has 0 saturated carbocycles. The molecule has 8 nitrogen and oxygen atoms in total. The molecule has 1 aromatic carbocycles. The highest BCUT2D eigenvalue weighted by Crippen LogP contribution is 2.21. The molecular weight excluding hydrogens is 392 g/mol. The highest BCUT2D eigenvalue weighted by atomic mass is 32.2. The molecule has 1 fully saturated rings. The van der Waals surface area contributed by atoms with Crippen molar-refractivity contribution in [3.05, 3.63) is 47.3 Å². The van der Waals surface area contributed by atoms with Crippen LogP contribution in [0.3, 0.4) is 0 Å². The first-order valence-electron chi connectivity index (χ1n) is 10.1. The molecule has 1 aromatic heterocycles. The van der Waals surface area contributed by atoms with E-state index in [0.717, 1.165) is 36.9 Å². The number of piperidine rings is 1. The van der Waals surface area contributed by atoms with Gasteiger partial charge < -0.3 is 10.1 Å². The Kier molecular flexibility index (Phi) is 5.98. The van der Waals surface area contributed by atoms with Crippen molar-refractivity contribution in [3.63, 3.8) is 0 Å². The number of aromatic nitrogens is 2. The maximum absolute atomic E-state index is 12.7. The van der Waals surface area contributed by atoms with Crippen LogP contribution in [-0.4, -0.2) is 54.7 Å². The minimum atomic E-state index is -3.48. The van der Waals surface area contributed by atoms with Gasteiger partial charge in [-0.2, -0.15) is 9.40 Å². The standard InChI is InChI=1S/C20H26N4O4S/c25-20(21-9-12-24-19-8-13-28-15-17(19)14-22-24)16-4-6-18(7-5-16)29(26,27)23-10-2-1-3-11-23/h4-7,14H,1-3,8-13,15H2,(H,21,25). The van der Waals surface area contributed by atoms with E-state index in [4.69, 9.17) is 4.74 Å². The molecule has 1 saturated heterocycles. The Balaban J connectivity index is 1.34. The maximum atomic E-state index is 12.7. The molecule has 0 bridgehead atoms. The van der Waals surface area contributed by atoms with E-state index < -0.39 is 10.0 Å². The number of nitrogens with one attached hydrogen (secondary N) is 1. The number of rotatable bonds is 6. The van der Waals surface area contributed by atoms with Crippen molar-refractivity contribution in [1.29, 1.82) is 0 Å². The summed E-state index contributed by atoms with van der Waals surface area (Å²) in [7, 11) is -3.48. The van der Waals surface area contributed by atoms with Crippen LogP contribution in [0.5, 0.6) is 0 Å². The van der Waals surface area contributed by atoms with Gasteiger partial charge in [-0.1, -0.05) is 6.42 Å². The number of ether oxygens (including phenoxy) is 1. The number of fused-ring (bicyclic) bond motifs is 1. The molecule has 2 aromatic rings. The lowest BCUT2D eigenvalue weighted by Gasteiger charge is -2.25. The van der Waals surface area contributed by atoms with Gasteiger partial charge in [-0.3, -0.25) is 9.48 Å². The van der Waals surface area contributed by atoms with Gasteiger partial charge in [-0.25, -0.2) is 8.42 Å². The van der Waals surface area contributed by atoms with Crippen LogP contribution in [0.4, 0.5) is 0 Å². The summed E-state index contributed by atoms with van der Waals surface area (Å²) in [5.41, 5.74) is 2.71. The number of benzene rings is 1. The summed E-state index contributed by atoms with van der Waals surface area (Å²) in [6.45, 7) is 3.44. The first-order valence-corrected chi connectivity index (χ1v) is 11.5. The van der Waals surface area contributed by atoms with Gasteiger partial charge in [0.1, 0.15) is 0 Å². The van der Waals surface area contributed by atoms with E-state index in [1.54, 1.807) is 12.1 Å². The Bertz CT molecular complexity index is 963. The highest BCUT2D eigenvalue weighted by molar-refractivity contribution is 7.89. The molecule has 0 unspecified atom stereocenters. The average Bonchev–Trinajstić information content (AvgIpc) is 3.17. The zero-order valence-electron chi connectivity index (χ0n) is 16.3. The predicted octanol–water partition coefficient (Wildman–Crippen LogP) is 1.56. The van der Waals surface area contributed by atoms with E-state index >= 15 is 0 Å². The van der Waals surface area contributed by atoms with Gasteiger partial charge in [0, 0.05) is 42.9 Å².